The van der Waals surface area contributed by atoms with E-state index < -0.39 is 0 Å². The summed E-state index contributed by atoms with van der Waals surface area (Å²) < 4.78 is 5.17. The molecule has 4 nitrogen and oxygen atoms in total. The summed E-state index contributed by atoms with van der Waals surface area (Å²) in [5.74, 6) is -0.112. The van der Waals surface area contributed by atoms with Gasteiger partial charge in [-0.3, -0.25) is 9.69 Å². The lowest BCUT2D eigenvalue weighted by Crippen LogP contribution is -2.44. The maximum atomic E-state index is 11.6. The van der Waals surface area contributed by atoms with Crippen LogP contribution in [0.3, 0.4) is 0 Å². The Kier molecular flexibility index (Phi) is 5.77. The van der Waals surface area contributed by atoms with Crippen LogP contribution in [0.2, 0.25) is 0 Å². The first-order valence-corrected chi connectivity index (χ1v) is 6.27. The molecular weight excluding hydrogens is 204 g/mol. The van der Waals surface area contributed by atoms with Crippen molar-refractivity contribution in [3.63, 3.8) is 0 Å². The zero-order valence-corrected chi connectivity index (χ0v) is 10.4. The number of esters is 1. The highest BCUT2D eigenvalue weighted by atomic mass is 16.5. The highest BCUT2D eigenvalue weighted by Crippen LogP contribution is 2.18. The molecule has 2 N–H and O–H groups in total. The van der Waals surface area contributed by atoms with Crippen molar-refractivity contribution in [2.45, 2.75) is 51.7 Å². The predicted molar refractivity (Wildman–Crippen MR) is 64.1 cm³/mol. The summed E-state index contributed by atoms with van der Waals surface area (Å²) >= 11 is 0. The molecule has 4 heteroatoms. The third-order valence-electron chi connectivity index (χ3n) is 2.95. The van der Waals surface area contributed by atoms with Crippen molar-refractivity contribution in [3.05, 3.63) is 0 Å². The second kappa shape index (κ2) is 6.86. The molecule has 1 fully saturated rings. The summed E-state index contributed by atoms with van der Waals surface area (Å²) in [5.41, 5.74) is 5.59. The summed E-state index contributed by atoms with van der Waals surface area (Å²) in [7, 11) is 0. The van der Waals surface area contributed by atoms with Gasteiger partial charge >= 0.3 is 5.97 Å². The molecule has 0 aromatic carbocycles. The molecule has 0 spiro atoms. The first-order chi connectivity index (χ1) is 7.63. The summed E-state index contributed by atoms with van der Waals surface area (Å²) in [4.78, 5) is 13.8. The van der Waals surface area contributed by atoms with E-state index in [0.29, 0.717) is 19.1 Å². The molecular formula is C12H24N2O2. The fourth-order valence-corrected chi connectivity index (χ4v) is 2.25. The van der Waals surface area contributed by atoms with E-state index in [4.69, 9.17) is 10.5 Å². The minimum Gasteiger partial charge on any atom is -0.462 e. The van der Waals surface area contributed by atoms with Crippen LogP contribution in [-0.4, -0.2) is 42.6 Å². The van der Waals surface area contributed by atoms with Crippen molar-refractivity contribution in [1.29, 1.82) is 0 Å². The molecule has 0 amide bonds. The van der Waals surface area contributed by atoms with Crippen LogP contribution in [0.5, 0.6) is 0 Å². The lowest BCUT2D eigenvalue weighted by Gasteiger charge is -2.34. The quantitative estimate of drug-likeness (QED) is 0.717. The molecule has 1 aliphatic heterocycles. The highest BCUT2D eigenvalue weighted by molar-refractivity contribution is 5.71. The van der Waals surface area contributed by atoms with Gasteiger partial charge in [-0.25, -0.2) is 0 Å². The second-order valence-electron chi connectivity index (χ2n) is 4.74. The summed E-state index contributed by atoms with van der Waals surface area (Å²) in [6, 6.07) is 0.471. The van der Waals surface area contributed by atoms with Gasteiger partial charge in [-0.1, -0.05) is 6.42 Å². The van der Waals surface area contributed by atoms with Crippen molar-refractivity contribution in [2.24, 2.45) is 5.73 Å². The standard InChI is InChI=1S/C12H24N2O2/c1-10(2)16-12(15)9-14-8-4-3-5-11(14)6-7-13/h10-11H,3-9,13H2,1-2H3. The smallest absolute Gasteiger partial charge is 0.320 e. The molecule has 1 aliphatic rings. The molecule has 1 unspecified atom stereocenters. The Labute approximate surface area is 98.1 Å². The van der Waals surface area contributed by atoms with Gasteiger partial charge in [0, 0.05) is 6.04 Å². The summed E-state index contributed by atoms with van der Waals surface area (Å²) in [6.45, 7) is 5.87. The third-order valence-corrected chi connectivity index (χ3v) is 2.95. The number of nitrogens with two attached hydrogens (primary N) is 1. The van der Waals surface area contributed by atoms with Crippen LogP contribution in [0.1, 0.15) is 39.5 Å². The second-order valence-corrected chi connectivity index (χ2v) is 4.74. The number of likely N-dealkylation sites (tertiary alicyclic amines) is 1. The molecule has 1 heterocycles. The van der Waals surface area contributed by atoms with Gasteiger partial charge < -0.3 is 10.5 Å². The average molecular weight is 228 g/mol. The van der Waals surface area contributed by atoms with E-state index in [9.17, 15) is 4.79 Å². The lowest BCUT2D eigenvalue weighted by molar-refractivity contribution is -0.149. The number of hydrogen-bond donors (Lipinski definition) is 1. The first-order valence-electron chi connectivity index (χ1n) is 6.27. The number of nitrogens with zero attached hydrogens (tertiary/aromatic N) is 1. The number of carbonyl (C=O) groups is 1. The number of piperidine rings is 1. The molecule has 16 heavy (non-hydrogen) atoms. The van der Waals surface area contributed by atoms with Gasteiger partial charge in [-0.05, 0) is 46.2 Å². The van der Waals surface area contributed by atoms with Crippen molar-refractivity contribution in [3.8, 4) is 0 Å². The van der Waals surface area contributed by atoms with Crippen molar-refractivity contribution >= 4 is 5.97 Å². The molecule has 1 rings (SSSR count). The van der Waals surface area contributed by atoms with Gasteiger partial charge in [0.2, 0.25) is 0 Å². The van der Waals surface area contributed by atoms with Crippen LogP contribution in [0.4, 0.5) is 0 Å². The van der Waals surface area contributed by atoms with E-state index in [-0.39, 0.29) is 12.1 Å². The maximum absolute atomic E-state index is 11.6. The molecule has 0 aromatic rings. The van der Waals surface area contributed by atoms with Crippen LogP contribution >= 0.6 is 0 Å². The average Bonchev–Trinajstić information content (AvgIpc) is 2.20. The zero-order valence-electron chi connectivity index (χ0n) is 10.4. The first kappa shape index (κ1) is 13.5. The molecule has 1 atom stereocenters. The Morgan fingerprint density at radius 1 is 1.50 bits per heavy atom. The van der Waals surface area contributed by atoms with E-state index in [0.717, 1.165) is 19.4 Å². The zero-order chi connectivity index (χ0) is 12.0. The molecule has 0 saturated carbocycles. The van der Waals surface area contributed by atoms with Crippen molar-refractivity contribution in [1.82, 2.24) is 4.90 Å². The van der Waals surface area contributed by atoms with Crippen molar-refractivity contribution in [2.75, 3.05) is 19.6 Å². The van der Waals surface area contributed by atoms with Gasteiger partial charge in [0.15, 0.2) is 0 Å². The Balaban J connectivity index is 2.39. The topological polar surface area (TPSA) is 55.6 Å². The summed E-state index contributed by atoms with van der Waals surface area (Å²) in [5, 5.41) is 0. The highest BCUT2D eigenvalue weighted by Gasteiger charge is 2.24. The maximum Gasteiger partial charge on any atom is 0.320 e. The van der Waals surface area contributed by atoms with E-state index in [1.165, 1.54) is 12.8 Å². The minimum absolute atomic E-state index is 0.0229. The van der Waals surface area contributed by atoms with Gasteiger partial charge in [0.05, 0.1) is 12.6 Å². The normalized spacial score (nSPS) is 22.4. The van der Waals surface area contributed by atoms with Crippen LogP contribution in [0.15, 0.2) is 0 Å². The van der Waals surface area contributed by atoms with Gasteiger partial charge in [0.25, 0.3) is 0 Å². The van der Waals surface area contributed by atoms with E-state index in [2.05, 4.69) is 4.90 Å². The molecule has 0 bridgehead atoms. The largest absolute Gasteiger partial charge is 0.462 e. The third kappa shape index (κ3) is 4.49. The van der Waals surface area contributed by atoms with Crippen molar-refractivity contribution < 1.29 is 9.53 Å². The molecule has 0 aliphatic carbocycles. The SMILES string of the molecule is CC(C)OC(=O)CN1CCCCC1CCN. The molecule has 0 radical (unpaired) electrons. The number of hydrogen-bond acceptors (Lipinski definition) is 4. The van der Waals surface area contributed by atoms with Crippen LogP contribution in [0, 0.1) is 0 Å². The lowest BCUT2D eigenvalue weighted by atomic mass is 9.99. The fourth-order valence-electron chi connectivity index (χ4n) is 2.25. The Hall–Kier alpha value is -0.610. The van der Waals surface area contributed by atoms with E-state index >= 15 is 0 Å². The summed E-state index contributed by atoms with van der Waals surface area (Å²) in [6.07, 6.45) is 4.54. The number of rotatable bonds is 5. The van der Waals surface area contributed by atoms with E-state index in [1.54, 1.807) is 0 Å². The van der Waals surface area contributed by atoms with Gasteiger partial charge in [-0.15, -0.1) is 0 Å². The van der Waals surface area contributed by atoms with Gasteiger partial charge in [0.1, 0.15) is 0 Å². The van der Waals surface area contributed by atoms with E-state index in [1.807, 2.05) is 13.8 Å². The molecule has 94 valence electrons. The van der Waals surface area contributed by atoms with Gasteiger partial charge in [-0.2, -0.15) is 0 Å². The molecule has 1 saturated heterocycles. The van der Waals surface area contributed by atoms with Crippen LogP contribution < -0.4 is 5.73 Å². The minimum atomic E-state index is -0.112. The monoisotopic (exact) mass is 228 g/mol. The molecule has 0 aromatic heterocycles. The van der Waals surface area contributed by atoms with Crippen LogP contribution in [0.25, 0.3) is 0 Å². The number of ether oxygens (including phenoxy) is 1. The Morgan fingerprint density at radius 3 is 2.88 bits per heavy atom. The number of carbonyl (C=O) groups excluding carboxylic acids is 1. The Bertz CT molecular complexity index is 217. The fraction of sp³-hybridized carbons (Fsp3) is 0.917. The van der Waals surface area contributed by atoms with Crippen LogP contribution in [-0.2, 0) is 9.53 Å². The predicted octanol–water partition coefficient (Wildman–Crippen LogP) is 1.14. The Morgan fingerprint density at radius 2 is 2.25 bits per heavy atom.